The van der Waals surface area contributed by atoms with E-state index in [0.29, 0.717) is 12.8 Å². The molecule has 15 heteroatoms. The Bertz CT molecular complexity index is 800. The molecule has 0 bridgehead atoms. The van der Waals surface area contributed by atoms with Crippen LogP contribution >= 0.6 is 0 Å². The Morgan fingerprint density at radius 1 is 1.12 bits per heavy atom. The van der Waals surface area contributed by atoms with E-state index in [1.54, 1.807) is 0 Å². The largest absolute Gasteiger partial charge is 0.480 e. The van der Waals surface area contributed by atoms with E-state index in [0.717, 1.165) is 4.90 Å². The molecule has 0 spiro atoms. The van der Waals surface area contributed by atoms with Gasteiger partial charge in [0.05, 0.1) is 12.5 Å². The first kappa shape index (κ1) is 28.6. The van der Waals surface area contributed by atoms with Crippen molar-refractivity contribution in [2.45, 2.75) is 69.3 Å². The van der Waals surface area contributed by atoms with Crippen LogP contribution < -0.4 is 33.6 Å². The van der Waals surface area contributed by atoms with Gasteiger partial charge in [-0.2, -0.15) is 0 Å². The molecular weight excluding hydrogens is 452 g/mol. The lowest BCUT2D eigenvalue weighted by Crippen LogP contribution is -2.58. The average molecular weight is 487 g/mol. The zero-order chi connectivity index (χ0) is 26.0. The Balaban J connectivity index is 2.91. The van der Waals surface area contributed by atoms with Gasteiger partial charge in [0.1, 0.15) is 24.2 Å². The minimum Gasteiger partial charge on any atom is -0.480 e. The predicted octanol–water partition coefficient (Wildman–Crippen LogP) is -4.33. The van der Waals surface area contributed by atoms with Gasteiger partial charge in [-0.15, -0.1) is 0 Å². The Morgan fingerprint density at radius 3 is 2.29 bits per heavy atom. The van der Waals surface area contributed by atoms with Gasteiger partial charge in [0.2, 0.25) is 23.6 Å². The third-order valence-corrected chi connectivity index (χ3v) is 5.24. The second kappa shape index (κ2) is 13.3. The highest BCUT2D eigenvalue weighted by Gasteiger charge is 2.39. The van der Waals surface area contributed by atoms with Crippen molar-refractivity contribution in [3.05, 3.63) is 0 Å². The summed E-state index contributed by atoms with van der Waals surface area (Å²) in [4.78, 5) is 66.0. The number of amides is 4. The van der Waals surface area contributed by atoms with Gasteiger partial charge in [-0.05, 0) is 32.6 Å². The van der Waals surface area contributed by atoms with Gasteiger partial charge in [0, 0.05) is 13.1 Å². The summed E-state index contributed by atoms with van der Waals surface area (Å²) in [5.74, 6) is -4.59. The molecule has 34 heavy (non-hydrogen) atoms. The van der Waals surface area contributed by atoms with E-state index in [4.69, 9.17) is 22.9 Å². The fourth-order valence-corrected chi connectivity index (χ4v) is 3.42. The molecule has 1 aliphatic rings. The monoisotopic (exact) mass is 486 g/mol. The summed E-state index contributed by atoms with van der Waals surface area (Å²) in [6, 6.07) is -5.00. The summed E-state index contributed by atoms with van der Waals surface area (Å²) in [5, 5.41) is 23.6. The highest BCUT2D eigenvalue weighted by Crippen LogP contribution is 2.20. The first-order valence-corrected chi connectivity index (χ1v) is 10.8. The van der Waals surface area contributed by atoms with E-state index in [1.165, 1.54) is 6.92 Å². The van der Waals surface area contributed by atoms with Crippen LogP contribution in [-0.2, 0) is 24.0 Å². The van der Waals surface area contributed by atoms with Crippen LogP contribution in [0.5, 0.6) is 0 Å². The van der Waals surface area contributed by atoms with Crippen LogP contribution in [0.2, 0.25) is 0 Å². The molecule has 1 aliphatic heterocycles. The molecule has 1 heterocycles. The van der Waals surface area contributed by atoms with Crippen LogP contribution in [0.1, 0.15) is 39.0 Å². The fourth-order valence-electron chi connectivity index (χ4n) is 3.42. The number of nitrogens with one attached hydrogen (secondary N) is 2. The predicted molar refractivity (Wildman–Crippen MR) is 120 cm³/mol. The van der Waals surface area contributed by atoms with Crippen LogP contribution in [0.4, 0.5) is 0 Å². The van der Waals surface area contributed by atoms with Crippen molar-refractivity contribution in [2.24, 2.45) is 27.9 Å². The van der Waals surface area contributed by atoms with Crippen molar-refractivity contribution in [1.29, 1.82) is 0 Å². The van der Waals surface area contributed by atoms with Crippen LogP contribution in [0, 0.1) is 0 Å². The smallest absolute Gasteiger partial charge is 0.326 e. The van der Waals surface area contributed by atoms with Gasteiger partial charge < -0.3 is 48.7 Å². The van der Waals surface area contributed by atoms with E-state index in [-0.39, 0.29) is 31.9 Å². The van der Waals surface area contributed by atoms with Crippen molar-refractivity contribution in [3.8, 4) is 0 Å². The van der Waals surface area contributed by atoms with Crippen LogP contribution in [0.3, 0.4) is 0 Å². The summed E-state index contributed by atoms with van der Waals surface area (Å²) in [6.07, 6.45) is -0.729. The Kier molecular flexibility index (Phi) is 11.2. The third-order valence-electron chi connectivity index (χ3n) is 5.24. The summed E-state index contributed by atoms with van der Waals surface area (Å²) in [5.41, 5.74) is 21.2. The first-order chi connectivity index (χ1) is 15.8. The zero-order valence-electron chi connectivity index (χ0n) is 19.0. The van der Waals surface area contributed by atoms with Crippen molar-refractivity contribution in [1.82, 2.24) is 15.5 Å². The first-order valence-electron chi connectivity index (χ1n) is 10.8. The Labute approximate surface area is 196 Å². The van der Waals surface area contributed by atoms with Crippen molar-refractivity contribution in [2.75, 3.05) is 13.1 Å². The molecule has 192 valence electrons. The molecule has 0 radical (unpaired) electrons. The second-order valence-corrected chi connectivity index (χ2v) is 8.04. The second-order valence-electron chi connectivity index (χ2n) is 8.04. The Hall–Kier alpha value is -3.46. The van der Waals surface area contributed by atoms with Gasteiger partial charge in [-0.1, -0.05) is 0 Å². The number of aliphatic hydroxyl groups excluding tert-OH is 1. The highest BCUT2D eigenvalue weighted by molar-refractivity contribution is 5.96. The third kappa shape index (κ3) is 8.82. The molecule has 1 rings (SSSR count). The molecule has 0 saturated carbocycles. The Morgan fingerprint density at radius 2 is 1.76 bits per heavy atom. The highest BCUT2D eigenvalue weighted by atomic mass is 16.4. The maximum atomic E-state index is 13.1. The van der Waals surface area contributed by atoms with Gasteiger partial charge >= 0.3 is 5.97 Å². The standard InChI is InChI=1S/C19H34N8O7/c1-9(28)14(21)16(31)26-11(8-13(20)29)17(32)27-7-3-5-12(27)15(30)25-10(18(33)34)4-2-6-24-19(22)23/h9-12,14,28H,2-8,21H2,1H3,(H2,20,29)(H,25,30)(H,26,31)(H,33,34)(H4,22,23,24). The number of nitrogens with zero attached hydrogens (tertiary/aromatic N) is 2. The number of carboxylic acid groups (broad SMARTS) is 1. The number of carbonyl (C=O) groups is 5. The minimum atomic E-state index is -1.40. The molecule has 1 fully saturated rings. The lowest BCUT2D eigenvalue weighted by Gasteiger charge is -2.29. The van der Waals surface area contributed by atoms with Gasteiger partial charge in [0.25, 0.3) is 0 Å². The fraction of sp³-hybridized carbons (Fsp3) is 0.684. The molecule has 5 atom stereocenters. The van der Waals surface area contributed by atoms with Crippen molar-refractivity contribution >= 4 is 35.6 Å². The van der Waals surface area contributed by atoms with Gasteiger partial charge in [-0.3, -0.25) is 24.2 Å². The van der Waals surface area contributed by atoms with Crippen LogP contribution in [0.15, 0.2) is 4.99 Å². The summed E-state index contributed by atoms with van der Waals surface area (Å²) >= 11 is 0. The molecule has 0 aliphatic carbocycles. The normalized spacial score (nSPS) is 18.8. The van der Waals surface area contributed by atoms with Gasteiger partial charge in [0.15, 0.2) is 5.96 Å². The number of primary amides is 1. The number of hydrogen-bond acceptors (Lipinski definition) is 8. The number of carbonyl (C=O) groups excluding carboxylic acids is 4. The molecule has 0 aromatic carbocycles. The molecule has 15 nitrogen and oxygen atoms in total. The summed E-state index contributed by atoms with van der Waals surface area (Å²) in [7, 11) is 0. The van der Waals surface area contributed by atoms with E-state index in [1.807, 2.05) is 0 Å². The molecule has 12 N–H and O–H groups in total. The molecule has 1 saturated heterocycles. The lowest BCUT2D eigenvalue weighted by atomic mass is 10.1. The average Bonchev–Trinajstić information content (AvgIpc) is 3.23. The SMILES string of the molecule is CC(O)C(N)C(=O)NC(CC(N)=O)C(=O)N1CCCC1C(=O)NC(CCCN=C(N)N)C(=O)O. The molecule has 0 aromatic heterocycles. The van der Waals surface area contributed by atoms with Crippen LogP contribution in [-0.4, -0.2) is 94.0 Å². The van der Waals surface area contributed by atoms with Crippen LogP contribution in [0.25, 0.3) is 0 Å². The van der Waals surface area contributed by atoms with Crippen molar-refractivity contribution < 1.29 is 34.2 Å². The maximum absolute atomic E-state index is 13.1. The molecule has 0 aromatic rings. The van der Waals surface area contributed by atoms with E-state index in [9.17, 15) is 34.2 Å². The molecule has 5 unspecified atom stereocenters. The number of rotatable bonds is 13. The van der Waals surface area contributed by atoms with Crippen molar-refractivity contribution in [3.63, 3.8) is 0 Å². The summed E-state index contributed by atoms with van der Waals surface area (Å²) < 4.78 is 0. The lowest BCUT2D eigenvalue weighted by molar-refractivity contribution is -0.145. The maximum Gasteiger partial charge on any atom is 0.326 e. The number of aliphatic hydroxyl groups is 1. The number of aliphatic carboxylic acids is 1. The van der Waals surface area contributed by atoms with E-state index >= 15 is 0 Å². The molecular formula is C19H34N8O7. The number of carboxylic acids is 1. The number of nitrogens with two attached hydrogens (primary N) is 4. The van der Waals surface area contributed by atoms with E-state index in [2.05, 4.69) is 15.6 Å². The number of likely N-dealkylation sites (tertiary alicyclic amines) is 1. The minimum absolute atomic E-state index is 0.0517. The molecule has 4 amide bonds. The quantitative estimate of drug-likeness (QED) is 0.0704. The summed E-state index contributed by atoms with van der Waals surface area (Å²) in [6.45, 7) is 1.61. The topological polar surface area (TPSA) is 270 Å². The zero-order valence-corrected chi connectivity index (χ0v) is 19.0. The van der Waals surface area contributed by atoms with Gasteiger partial charge in [-0.25, -0.2) is 4.79 Å². The number of hydrogen-bond donors (Lipinski definition) is 8. The van der Waals surface area contributed by atoms with E-state index < -0.39 is 66.3 Å². The number of guanidine groups is 1. The number of aliphatic imine (C=N–C) groups is 1.